The second-order valence-corrected chi connectivity index (χ2v) is 5.05. The Hall–Kier alpha value is -2.75. The van der Waals surface area contributed by atoms with Crippen LogP contribution in [0.15, 0.2) is 48.7 Å². The average molecular weight is 277 g/mol. The van der Waals surface area contributed by atoms with Crippen LogP contribution in [0.5, 0.6) is 0 Å². The maximum absolute atomic E-state index is 13.9. The van der Waals surface area contributed by atoms with Crippen molar-refractivity contribution in [1.82, 2.24) is 15.0 Å². The molecule has 0 spiro atoms. The number of hydrogen-bond donors (Lipinski definition) is 1. The van der Waals surface area contributed by atoms with Crippen LogP contribution in [0.4, 0.5) is 4.39 Å². The predicted octanol–water partition coefficient (Wildman–Crippen LogP) is 4.23. The van der Waals surface area contributed by atoms with Crippen molar-refractivity contribution in [1.29, 1.82) is 0 Å². The van der Waals surface area contributed by atoms with E-state index in [0.29, 0.717) is 16.9 Å². The number of aromatic nitrogens is 3. The Morgan fingerprint density at radius 1 is 1.00 bits per heavy atom. The lowest BCUT2D eigenvalue weighted by atomic mass is 10.0. The zero-order valence-electron chi connectivity index (χ0n) is 11.4. The molecule has 0 saturated heterocycles. The third kappa shape index (κ3) is 1.80. The van der Waals surface area contributed by atoms with Gasteiger partial charge in [0.2, 0.25) is 0 Å². The van der Waals surface area contributed by atoms with E-state index in [2.05, 4.69) is 15.0 Å². The minimum absolute atomic E-state index is 0.222. The lowest BCUT2D eigenvalue weighted by Crippen LogP contribution is -1.86. The summed E-state index contributed by atoms with van der Waals surface area (Å²) >= 11 is 0. The summed E-state index contributed by atoms with van der Waals surface area (Å²) < 4.78 is 13.9. The molecular weight excluding hydrogens is 265 g/mol. The SMILES string of the molecule is Cc1ccnc2nc(-c3ccc(F)c4ccccc34)[nH]c12. The van der Waals surface area contributed by atoms with Crippen LogP contribution < -0.4 is 0 Å². The fraction of sp³-hybridized carbons (Fsp3) is 0.0588. The highest BCUT2D eigenvalue weighted by atomic mass is 19.1. The molecule has 4 rings (SSSR count). The van der Waals surface area contributed by atoms with Crippen LogP contribution in [0.3, 0.4) is 0 Å². The zero-order valence-corrected chi connectivity index (χ0v) is 11.4. The minimum atomic E-state index is -0.222. The minimum Gasteiger partial charge on any atom is -0.336 e. The van der Waals surface area contributed by atoms with E-state index < -0.39 is 0 Å². The summed E-state index contributed by atoms with van der Waals surface area (Å²) in [6.45, 7) is 2.01. The molecule has 21 heavy (non-hydrogen) atoms. The third-order valence-corrected chi connectivity index (χ3v) is 3.73. The second-order valence-electron chi connectivity index (χ2n) is 5.05. The normalized spacial score (nSPS) is 11.3. The first-order chi connectivity index (χ1) is 10.2. The summed E-state index contributed by atoms with van der Waals surface area (Å²) in [6, 6.07) is 12.6. The number of benzene rings is 2. The molecule has 0 saturated carbocycles. The van der Waals surface area contributed by atoms with Crippen LogP contribution in [0, 0.1) is 12.7 Å². The molecular formula is C17H12FN3. The molecule has 0 aliphatic heterocycles. The fourth-order valence-electron chi connectivity index (χ4n) is 2.63. The van der Waals surface area contributed by atoms with Gasteiger partial charge in [0.1, 0.15) is 11.6 Å². The Bertz CT molecular complexity index is 972. The number of imidazole rings is 1. The molecule has 0 aliphatic carbocycles. The smallest absolute Gasteiger partial charge is 0.178 e. The third-order valence-electron chi connectivity index (χ3n) is 3.73. The molecule has 1 N–H and O–H groups in total. The van der Waals surface area contributed by atoms with Crippen LogP contribution in [0.25, 0.3) is 33.3 Å². The highest BCUT2D eigenvalue weighted by Gasteiger charge is 2.12. The predicted molar refractivity (Wildman–Crippen MR) is 81.5 cm³/mol. The van der Waals surface area contributed by atoms with Gasteiger partial charge < -0.3 is 4.98 Å². The Morgan fingerprint density at radius 3 is 2.62 bits per heavy atom. The molecule has 0 bridgehead atoms. The lowest BCUT2D eigenvalue weighted by molar-refractivity contribution is 0.640. The maximum Gasteiger partial charge on any atom is 0.178 e. The van der Waals surface area contributed by atoms with Gasteiger partial charge in [-0.15, -0.1) is 0 Å². The van der Waals surface area contributed by atoms with Crippen molar-refractivity contribution in [3.63, 3.8) is 0 Å². The molecule has 102 valence electrons. The van der Waals surface area contributed by atoms with Crippen molar-refractivity contribution >= 4 is 21.9 Å². The molecule has 3 nitrogen and oxygen atoms in total. The number of pyridine rings is 1. The molecule has 0 amide bonds. The fourth-order valence-corrected chi connectivity index (χ4v) is 2.63. The number of nitrogens with one attached hydrogen (secondary N) is 1. The number of fused-ring (bicyclic) bond motifs is 2. The van der Waals surface area contributed by atoms with Crippen LogP contribution in [-0.4, -0.2) is 15.0 Å². The van der Waals surface area contributed by atoms with E-state index in [-0.39, 0.29) is 5.82 Å². The molecule has 4 aromatic rings. The molecule has 0 fully saturated rings. The van der Waals surface area contributed by atoms with Gasteiger partial charge in [-0.2, -0.15) is 0 Å². The molecule has 2 heterocycles. The van der Waals surface area contributed by atoms with Gasteiger partial charge in [-0.05, 0) is 36.1 Å². The van der Waals surface area contributed by atoms with E-state index in [1.165, 1.54) is 6.07 Å². The van der Waals surface area contributed by atoms with Crippen molar-refractivity contribution in [3.8, 4) is 11.4 Å². The maximum atomic E-state index is 13.9. The standard InChI is InChI=1S/C17H12FN3/c1-10-8-9-19-17-15(10)20-16(21-17)13-6-7-14(18)12-5-3-2-4-11(12)13/h2-9H,1H3,(H,19,20,21). The van der Waals surface area contributed by atoms with Crippen molar-refractivity contribution in [2.24, 2.45) is 0 Å². The van der Waals surface area contributed by atoms with Gasteiger partial charge in [-0.1, -0.05) is 24.3 Å². The molecule has 0 unspecified atom stereocenters. The first-order valence-electron chi connectivity index (χ1n) is 6.73. The first-order valence-corrected chi connectivity index (χ1v) is 6.73. The summed E-state index contributed by atoms with van der Waals surface area (Å²) in [5, 5.41) is 1.44. The Balaban J connectivity index is 2.05. The molecule has 0 radical (unpaired) electrons. The van der Waals surface area contributed by atoms with Crippen molar-refractivity contribution in [2.45, 2.75) is 6.92 Å². The lowest BCUT2D eigenvalue weighted by Gasteiger charge is -2.04. The van der Waals surface area contributed by atoms with Gasteiger partial charge in [0.05, 0.1) is 5.52 Å². The van der Waals surface area contributed by atoms with Crippen LogP contribution >= 0.6 is 0 Å². The van der Waals surface area contributed by atoms with E-state index in [4.69, 9.17) is 0 Å². The second kappa shape index (κ2) is 4.38. The number of aromatic amines is 1. The largest absolute Gasteiger partial charge is 0.336 e. The van der Waals surface area contributed by atoms with E-state index in [1.54, 1.807) is 18.3 Å². The summed E-state index contributed by atoms with van der Waals surface area (Å²) in [6.07, 6.45) is 1.74. The Kier molecular flexibility index (Phi) is 2.51. The van der Waals surface area contributed by atoms with Crippen molar-refractivity contribution in [3.05, 3.63) is 60.0 Å². The topological polar surface area (TPSA) is 41.6 Å². The monoisotopic (exact) mass is 277 g/mol. The molecule has 0 atom stereocenters. The summed E-state index contributed by atoms with van der Waals surface area (Å²) in [7, 11) is 0. The van der Waals surface area contributed by atoms with E-state index in [1.807, 2.05) is 31.2 Å². The molecule has 0 aliphatic rings. The highest BCUT2D eigenvalue weighted by Crippen LogP contribution is 2.29. The summed E-state index contributed by atoms with van der Waals surface area (Å²) in [5.74, 6) is 0.489. The Morgan fingerprint density at radius 2 is 1.81 bits per heavy atom. The summed E-state index contributed by atoms with van der Waals surface area (Å²) in [4.78, 5) is 12.1. The molecule has 4 heteroatoms. The molecule has 2 aromatic heterocycles. The van der Waals surface area contributed by atoms with Gasteiger partial charge in [-0.3, -0.25) is 0 Å². The number of halogens is 1. The van der Waals surface area contributed by atoms with Gasteiger partial charge in [-0.25, -0.2) is 14.4 Å². The number of aryl methyl sites for hydroxylation is 1. The molecule has 2 aromatic carbocycles. The van der Waals surface area contributed by atoms with E-state index >= 15 is 0 Å². The first kappa shape index (κ1) is 12.0. The average Bonchev–Trinajstić information content (AvgIpc) is 2.93. The van der Waals surface area contributed by atoms with Gasteiger partial charge in [0.25, 0.3) is 0 Å². The zero-order chi connectivity index (χ0) is 14.4. The number of H-pyrrole nitrogens is 1. The van der Waals surface area contributed by atoms with Crippen LogP contribution in [0.1, 0.15) is 5.56 Å². The van der Waals surface area contributed by atoms with Crippen molar-refractivity contribution in [2.75, 3.05) is 0 Å². The summed E-state index contributed by atoms with van der Waals surface area (Å²) in [5.41, 5.74) is 3.56. The van der Waals surface area contributed by atoms with Crippen LogP contribution in [-0.2, 0) is 0 Å². The quantitative estimate of drug-likeness (QED) is 0.566. The van der Waals surface area contributed by atoms with Crippen molar-refractivity contribution < 1.29 is 4.39 Å². The van der Waals surface area contributed by atoms with Gasteiger partial charge >= 0.3 is 0 Å². The van der Waals surface area contributed by atoms with Crippen LogP contribution in [0.2, 0.25) is 0 Å². The van der Waals surface area contributed by atoms with Gasteiger partial charge in [0, 0.05) is 17.1 Å². The van der Waals surface area contributed by atoms with E-state index in [0.717, 1.165) is 22.0 Å². The van der Waals surface area contributed by atoms with E-state index in [9.17, 15) is 4.39 Å². The van der Waals surface area contributed by atoms with Gasteiger partial charge in [0.15, 0.2) is 5.65 Å². The number of nitrogens with zero attached hydrogens (tertiary/aromatic N) is 2. The number of hydrogen-bond acceptors (Lipinski definition) is 2. The Labute approximate surface area is 120 Å². The number of rotatable bonds is 1. The highest BCUT2D eigenvalue weighted by molar-refractivity contribution is 5.96.